The fraction of sp³-hybridized carbons (Fsp3) is 0.592. The monoisotopic (exact) mass is 1000 g/mol. The van der Waals surface area contributed by atoms with Crippen molar-refractivity contribution in [1.29, 1.82) is 0 Å². The van der Waals surface area contributed by atoms with E-state index in [9.17, 15) is 29.0 Å². The molecule has 4 aliphatic rings. The van der Waals surface area contributed by atoms with Crippen molar-refractivity contribution in [2.75, 3.05) is 81.8 Å². The number of nitrogens with two attached hydrogens (primary N) is 1. The molecule has 4 atom stereocenters. The van der Waals surface area contributed by atoms with E-state index < -0.39 is 24.2 Å². The van der Waals surface area contributed by atoms with Crippen molar-refractivity contribution in [3.8, 4) is 0 Å². The first kappa shape index (κ1) is 51.4. The van der Waals surface area contributed by atoms with Crippen molar-refractivity contribution in [2.45, 2.75) is 107 Å². The summed E-state index contributed by atoms with van der Waals surface area (Å²) in [6.07, 6.45) is 8.13. The molecule has 3 aromatic heterocycles. The van der Waals surface area contributed by atoms with Gasteiger partial charge in [0.2, 0.25) is 17.7 Å². The second-order valence-electron chi connectivity index (χ2n) is 19.9. The Balaban J connectivity index is 0.827. The molecule has 0 bridgehead atoms. The maximum Gasteiger partial charge on any atom is 0.248 e. The topological polar surface area (TPSA) is 215 Å². The summed E-state index contributed by atoms with van der Waals surface area (Å²) < 4.78 is 15.6. The molecular formula is C49H67ClFN13O5S. The Morgan fingerprint density at radius 3 is 2.33 bits per heavy atom. The Morgan fingerprint density at radius 1 is 0.986 bits per heavy atom. The number of nitrogens with one attached hydrogen (secondary N) is 1. The van der Waals surface area contributed by atoms with Crippen LogP contribution in [0.1, 0.15) is 88.3 Å². The number of rotatable bonds is 16. The average Bonchev–Trinajstić information content (AvgIpc) is 3.98. The fourth-order valence-corrected chi connectivity index (χ4v) is 11.3. The molecule has 378 valence electrons. The van der Waals surface area contributed by atoms with E-state index in [1.165, 1.54) is 33.5 Å². The number of benzene rings is 1. The van der Waals surface area contributed by atoms with Crippen molar-refractivity contribution < 1.29 is 29.0 Å². The summed E-state index contributed by atoms with van der Waals surface area (Å²) in [5.41, 5.74) is 8.05. The maximum atomic E-state index is 14.1. The summed E-state index contributed by atoms with van der Waals surface area (Å²) in [6.45, 7) is 14.2. The standard InChI is InChI=1S/C49H67ClFN13O5S/c1-31(2)43(64-27-32(3)57-58-64)48(69)63-28-36(66)25-39(63)46(67)56-37(33-5-7-35(51)8-6-33)12-16-59-21-23-62(24-22-59)47(68)34-10-17-60(18-11-34)45-42(50)40(9-15-53-45)70-41-26-54-44(38(29-65)55-41)61-19-13-49(4,30-52)14-20-61/h5-9,15,26-27,31,34,36-37,39,43,65-66H,10-14,16-25,28-30,52H2,1-4H3,(H,56,67)/t36-,37+,39+,43+/m1/s1. The average molecular weight is 1000 g/mol. The smallest absolute Gasteiger partial charge is 0.248 e. The fourth-order valence-electron chi connectivity index (χ4n) is 10.2. The lowest BCUT2D eigenvalue weighted by molar-refractivity contribution is -0.142. The summed E-state index contributed by atoms with van der Waals surface area (Å²) in [7, 11) is 0. The van der Waals surface area contributed by atoms with Gasteiger partial charge in [0.05, 0.1) is 35.7 Å². The Bertz CT molecular complexity index is 2440. The first-order valence-corrected chi connectivity index (χ1v) is 25.8. The molecule has 4 saturated heterocycles. The second kappa shape index (κ2) is 22.6. The molecule has 0 aliphatic carbocycles. The van der Waals surface area contributed by atoms with E-state index in [1.807, 2.05) is 24.8 Å². The van der Waals surface area contributed by atoms with Gasteiger partial charge in [0.1, 0.15) is 34.4 Å². The van der Waals surface area contributed by atoms with E-state index in [2.05, 4.69) is 42.2 Å². The summed E-state index contributed by atoms with van der Waals surface area (Å²) in [5.74, 6) is 0.139. The van der Waals surface area contributed by atoms with Crippen molar-refractivity contribution in [2.24, 2.45) is 23.0 Å². The summed E-state index contributed by atoms with van der Waals surface area (Å²) >= 11 is 8.39. The van der Waals surface area contributed by atoms with Gasteiger partial charge in [-0.2, -0.15) is 0 Å². The molecule has 8 rings (SSSR count). The molecular weight excluding hydrogens is 937 g/mol. The molecule has 0 unspecified atom stereocenters. The SMILES string of the molecule is Cc1cn([C@H](C(=O)N2C[C@H](O)C[C@H]2C(=O)N[C@@H](CCN2CCN(C(=O)C3CCN(c4nccc(Sc5cnc(N6CCC(C)(CN)CC6)c(CO)n5)c4Cl)CC3)CC2)c2ccc(F)cc2)C(C)C)nn1. The zero-order chi connectivity index (χ0) is 49.7. The number of anilines is 2. The third-order valence-electron chi connectivity index (χ3n) is 14.6. The molecule has 4 fully saturated rings. The van der Waals surface area contributed by atoms with Gasteiger partial charge in [-0.25, -0.2) is 24.0 Å². The quantitative estimate of drug-likeness (QED) is 0.124. The predicted molar refractivity (Wildman–Crippen MR) is 265 cm³/mol. The van der Waals surface area contributed by atoms with Crippen molar-refractivity contribution >= 4 is 52.7 Å². The highest BCUT2D eigenvalue weighted by atomic mass is 35.5. The summed E-state index contributed by atoms with van der Waals surface area (Å²) in [4.78, 5) is 66.9. The molecule has 4 aromatic rings. The Labute approximate surface area is 418 Å². The lowest BCUT2D eigenvalue weighted by Crippen LogP contribution is -2.52. The van der Waals surface area contributed by atoms with E-state index >= 15 is 0 Å². The van der Waals surface area contributed by atoms with Gasteiger partial charge in [-0.15, -0.1) is 5.10 Å². The molecule has 0 saturated carbocycles. The van der Waals surface area contributed by atoms with Crippen LogP contribution in [-0.2, 0) is 21.0 Å². The van der Waals surface area contributed by atoms with Crippen LogP contribution in [-0.4, -0.2) is 157 Å². The largest absolute Gasteiger partial charge is 0.391 e. The zero-order valence-corrected chi connectivity index (χ0v) is 42.2. The minimum Gasteiger partial charge on any atom is -0.391 e. The van der Waals surface area contributed by atoms with Gasteiger partial charge in [-0.1, -0.05) is 61.5 Å². The number of aliphatic hydroxyl groups is 2. The number of aromatic nitrogens is 6. The molecule has 21 heteroatoms. The van der Waals surface area contributed by atoms with E-state index in [0.717, 1.165) is 36.4 Å². The van der Waals surface area contributed by atoms with Crippen LogP contribution in [0.2, 0.25) is 5.02 Å². The minimum atomic E-state index is -0.902. The zero-order valence-electron chi connectivity index (χ0n) is 40.6. The van der Waals surface area contributed by atoms with Crippen LogP contribution in [0, 0.1) is 30.0 Å². The van der Waals surface area contributed by atoms with Crippen LogP contribution >= 0.6 is 23.4 Å². The first-order valence-electron chi connectivity index (χ1n) is 24.6. The van der Waals surface area contributed by atoms with Gasteiger partial charge in [-0.05, 0) is 80.7 Å². The number of carbonyl (C=O) groups is 3. The van der Waals surface area contributed by atoms with Crippen LogP contribution in [0.25, 0.3) is 0 Å². The highest BCUT2D eigenvalue weighted by molar-refractivity contribution is 7.99. The number of aryl methyl sites for hydroxylation is 1. The molecule has 3 amide bonds. The second-order valence-corrected chi connectivity index (χ2v) is 21.4. The van der Waals surface area contributed by atoms with E-state index in [1.54, 1.807) is 37.6 Å². The number of halogens is 2. The van der Waals surface area contributed by atoms with Crippen LogP contribution in [0.3, 0.4) is 0 Å². The maximum absolute atomic E-state index is 14.1. The van der Waals surface area contributed by atoms with Gasteiger partial charge in [-0.3, -0.25) is 19.3 Å². The molecule has 1 aromatic carbocycles. The number of pyridine rings is 1. The van der Waals surface area contributed by atoms with Crippen LogP contribution in [0.4, 0.5) is 16.0 Å². The van der Waals surface area contributed by atoms with Gasteiger partial charge in [0.15, 0.2) is 5.82 Å². The van der Waals surface area contributed by atoms with E-state index in [0.29, 0.717) is 105 Å². The number of β-amino-alcohol motifs (C(OH)–C–C–N with tert-alkyl or cyclic N) is 1. The van der Waals surface area contributed by atoms with Crippen molar-refractivity contribution in [1.82, 2.24) is 50.0 Å². The molecule has 7 heterocycles. The normalized spacial score (nSPS) is 21.1. The number of likely N-dealkylation sites (tertiary alicyclic amines) is 1. The summed E-state index contributed by atoms with van der Waals surface area (Å²) in [6, 6.07) is 5.81. The number of hydrogen-bond acceptors (Lipinski definition) is 15. The van der Waals surface area contributed by atoms with Gasteiger partial charge >= 0.3 is 0 Å². The Kier molecular flexibility index (Phi) is 16.6. The lowest BCUT2D eigenvalue weighted by Gasteiger charge is -2.39. The molecule has 18 nitrogen and oxygen atoms in total. The predicted octanol–water partition coefficient (Wildman–Crippen LogP) is 4.24. The lowest BCUT2D eigenvalue weighted by atomic mass is 9.80. The number of amides is 3. The van der Waals surface area contributed by atoms with E-state index in [-0.39, 0.29) is 60.4 Å². The van der Waals surface area contributed by atoms with Crippen molar-refractivity contribution in [3.05, 3.63) is 76.7 Å². The Hall–Kier alpha value is -4.99. The molecule has 70 heavy (non-hydrogen) atoms. The van der Waals surface area contributed by atoms with Gasteiger partial charge < -0.3 is 40.9 Å². The van der Waals surface area contributed by atoms with Crippen LogP contribution in [0.5, 0.6) is 0 Å². The molecule has 4 aliphatic heterocycles. The summed E-state index contributed by atoms with van der Waals surface area (Å²) in [5, 5.41) is 33.5. The number of nitrogens with zero attached hydrogens (tertiary/aromatic N) is 11. The number of hydrogen-bond donors (Lipinski definition) is 4. The highest BCUT2D eigenvalue weighted by Gasteiger charge is 2.43. The Morgan fingerprint density at radius 2 is 1.69 bits per heavy atom. The van der Waals surface area contributed by atoms with Gasteiger partial charge in [0.25, 0.3) is 0 Å². The number of aliphatic hydroxyl groups excluding tert-OH is 2. The molecule has 5 N–H and O–H groups in total. The van der Waals surface area contributed by atoms with Gasteiger partial charge in [0, 0.05) is 95.1 Å². The minimum absolute atomic E-state index is 0.0200. The third kappa shape index (κ3) is 11.8. The highest BCUT2D eigenvalue weighted by Crippen LogP contribution is 2.39. The number of piperidine rings is 2. The third-order valence-corrected chi connectivity index (χ3v) is 16.0. The van der Waals surface area contributed by atoms with Crippen molar-refractivity contribution in [3.63, 3.8) is 0 Å². The molecule has 0 radical (unpaired) electrons. The van der Waals surface area contributed by atoms with Crippen LogP contribution < -0.4 is 20.9 Å². The number of carbonyl (C=O) groups excluding carboxylic acids is 3. The molecule has 0 spiro atoms. The number of piperazine rings is 1. The first-order chi connectivity index (χ1) is 33.6. The van der Waals surface area contributed by atoms with Crippen LogP contribution in [0.15, 0.2) is 58.8 Å². The van der Waals surface area contributed by atoms with E-state index in [4.69, 9.17) is 27.3 Å².